The number of carbonyl (C=O) groups is 8. The van der Waals surface area contributed by atoms with Crippen molar-refractivity contribution in [3.63, 3.8) is 0 Å². The first kappa shape index (κ1) is 54.2. The molecule has 62 heavy (non-hydrogen) atoms. The van der Waals surface area contributed by atoms with Gasteiger partial charge in [-0.3, -0.25) is 43.5 Å². The number of carbonyl (C=O) groups excluding carboxylic acids is 7. The molecule has 1 saturated heterocycles. The van der Waals surface area contributed by atoms with E-state index in [1.165, 1.54) is 18.7 Å². The summed E-state index contributed by atoms with van der Waals surface area (Å²) in [6.45, 7) is 6.19. The second kappa shape index (κ2) is 26.5. The Hall–Kier alpha value is -5.86. The minimum Gasteiger partial charge on any atom is -0.480 e. The molecular weight excluding hydrogens is 820 g/mol. The molecule has 7 amide bonds. The molecule has 0 bridgehead atoms. The van der Waals surface area contributed by atoms with Crippen molar-refractivity contribution in [3.05, 3.63) is 0 Å². The number of aliphatic imine (C=N–C) groups is 2. The number of aliphatic hydroxyl groups is 3. The highest BCUT2D eigenvalue weighted by Crippen LogP contribution is 2.21. The van der Waals surface area contributed by atoms with Crippen LogP contribution in [0.4, 0.5) is 0 Å². The number of carboxylic acid groups (broad SMARTS) is 1. The second-order valence-corrected chi connectivity index (χ2v) is 15.2. The van der Waals surface area contributed by atoms with Gasteiger partial charge in [-0.15, -0.1) is 0 Å². The zero-order valence-electron chi connectivity index (χ0n) is 35.7. The van der Waals surface area contributed by atoms with Gasteiger partial charge in [0.2, 0.25) is 41.4 Å². The predicted octanol–water partition coefficient (Wildman–Crippen LogP) is -7.16. The molecule has 0 aliphatic carbocycles. The summed E-state index contributed by atoms with van der Waals surface area (Å²) in [7, 11) is 0. The highest BCUT2D eigenvalue weighted by Gasteiger charge is 2.40. The van der Waals surface area contributed by atoms with Crippen molar-refractivity contribution in [2.24, 2.45) is 44.6 Å². The lowest BCUT2D eigenvalue weighted by Crippen LogP contribution is -2.62. The van der Waals surface area contributed by atoms with Crippen molar-refractivity contribution < 1.29 is 58.8 Å². The molecular formula is C36H66N14O12. The van der Waals surface area contributed by atoms with Crippen LogP contribution in [-0.2, 0) is 38.4 Å². The number of rotatable bonds is 26. The Morgan fingerprint density at radius 3 is 1.66 bits per heavy atom. The number of nitrogens with two attached hydrogens (primary N) is 5. The Labute approximate surface area is 359 Å². The van der Waals surface area contributed by atoms with Gasteiger partial charge in [0.05, 0.1) is 18.8 Å². The first-order chi connectivity index (χ1) is 28.9. The number of carboxylic acids is 1. The first-order valence-corrected chi connectivity index (χ1v) is 20.1. The van der Waals surface area contributed by atoms with Gasteiger partial charge in [-0.25, -0.2) is 4.79 Å². The number of likely N-dealkylation sites (tertiary alicyclic amines) is 1. The molecule has 352 valence electrons. The van der Waals surface area contributed by atoms with E-state index >= 15 is 0 Å². The van der Waals surface area contributed by atoms with E-state index in [2.05, 4.69) is 41.9 Å². The quantitative estimate of drug-likeness (QED) is 0.0218. The fraction of sp³-hybridized carbons (Fsp3) is 0.722. The lowest BCUT2D eigenvalue weighted by Gasteiger charge is -2.31. The molecule has 0 spiro atoms. The number of guanidine groups is 2. The Morgan fingerprint density at radius 1 is 0.661 bits per heavy atom. The van der Waals surface area contributed by atoms with E-state index in [1.807, 2.05) is 0 Å². The van der Waals surface area contributed by atoms with Gasteiger partial charge in [0.1, 0.15) is 48.3 Å². The third kappa shape index (κ3) is 18.0. The standard InChI is InChI=1S/C36H66N14O12/c1-16(2)25(48-27(54)17(3)44-28(55)22(15-51)47-32(59)26(19(5)53)49-30(57)24(37)18(4)52)31(58)45-20(9-6-12-42-35(38)39)33(60)50-14-8-11-23(50)29(56)46-21(34(61)62)10-7-13-43-36(40)41/h16-26,51-53H,6-15,37H2,1-5H3,(H,44,55)(H,45,58)(H,46,56)(H,47,59)(H,48,54)(H,49,57)(H,61,62)(H4,38,39,42)(H4,40,41,43). The van der Waals surface area contributed by atoms with Crippen molar-refractivity contribution in [2.45, 2.75) is 134 Å². The highest BCUT2D eigenvalue weighted by molar-refractivity contribution is 5.98. The van der Waals surface area contributed by atoms with Gasteiger partial charge in [-0.2, -0.15) is 0 Å². The van der Waals surface area contributed by atoms with E-state index in [0.717, 1.165) is 6.92 Å². The van der Waals surface area contributed by atoms with E-state index in [4.69, 9.17) is 28.7 Å². The van der Waals surface area contributed by atoms with Crippen LogP contribution < -0.4 is 60.6 Å². The molecule has 10 unspecified atom stereocenters. The number of hydrogen-bond donors (Lipinski definition) is 15. The number of aliphatic hydroxyl groups excluding tert-OH is 3. The Balaban J connectivity index is 3.15. The zero-order valence-corrected chi connectivity index (χ0v) is 35.7. The first-order valence-electron chi connectivity index (χ1n) is 20.1. The monoisotopic (exact) mass is 886 g/mol. The van der Waals surface area contributed by atoms with Gasteiger partial charge in [0.15, 0.2) is 11.9 Å². The summed E-state index contributed by atoms with van der Waals surface area (Å²) in [5.74, 6) is -8.46. The second-order valence-electron chi connectivity index (χ2n) is 15.2. The third-order valence-electron chi connectivity index (χ3n) is 9.66. The van der Waals surface area contributed by atoms with Gasteiger partial charge in [-0.05, 0) is 65.2 Å². The summed E-state index contributed by atoms with van der Waals surface area (Å²) in [4.78, 5) is 114. The lowest BCUT2D eigenvalue weighted by atomic mass is 10.0. The predicted molar refractivity (Wildman–Crippen MR) is 223 cm³/mol. The normalized spacial score (nSPS) is 17.9. The average Bonchev–Trinajstić information content (AvgIpc) is 3.69. The highest BCUT2D eigenvalue weighted by atomic mass is 16.4. The third-order valence-corrected chi connectivity index (χ3v) is 9.66. The van der Waals surface area contributed by atoms with Crippen LogP contribution in [0.2, 0.25) is 0 Å². The zero-order chi connectivity index (χ0) is 47.4. The summed E-state index contributed by atoms with van der Waals surface area (Å²) in [5, 5.41) is 53.6. The van der Waals surface area contributed by atoms with Gasteiger partial charge >= 0.3 is 5.97 Å². The number of amides is 7. The van der Waals surface area contributed by atoms with Crippen LogP contribution in [0.3, 0.4) is 0 Å². The number of nitrogens with zero attached hydrogens (tertiary/aromatic N) is 3. The van der Waals surface area contributed by atoms with E-state index < -0.39 is 120 Å². The van der Waals surface area contributed by atoms with Crippen LogP contribution in [0.5, 0.6) is 0 Å². The molecule has 26 nitrogen and oxygen atoms in total. The molecule has 0 radical (unpaired) electrons. The smallest absolute Gasteiger partial charge is 0.326 e. The lowest BCUT2D eigenvalue weighted by molar-refractivity contribution is -0.145. The van der Waals surface area contributed by atoms with Gasteiger partial charge < -0.3 is 85.9 Å². The van der Waals surface area contributed by atoms with E-state index in [1.54, 1.807) is 13.8 Å². The molecule has 0 aromatic rings. The summed E-state index contributed by atoms with van der Waals surface area (Å²) in [6.07, 6.45) is -1.78. The Bertz CT molecular complexity index is 1620. The molecule has 0 aromatic heterocycles. The van der Waals surface area contributed by atoms with Crippen LogP contribution in [0.1, 0.15) is 73.1 Å². The van der Waals surface area contributed by atoms with Gasteiger partial charge in [-0.1, -0.05) is 13.8 Å². The maximum Gasteiger partial charge on any atom is 0.326 e. The summed E-state index contributed by atoms with van der Waals surface area (Å²) in [5.41, 5.74) is 27.1. The fourth-order valence-corrected chi connectivity index (χ4v) is 6.08. The van der Waals surface area contributed by atoms with E-state index in [9.17, 15) is 58.8 Å². The average molecular weight is 887 g/mol. The summed E-state index contributed by atoms with van der Waals surface area (Å²) >= 11 is 0. The van der Waals surface area contributed by atoms with E-state index in [-0.39, 0.29) is 63.7 Å². The minimum atomic E-state index is -1.68. The van der Waals surface area contributed by atoms with Crippen molar-refractivity contribution in [1.29, 1.82) is 0 Å². The Kier molecular flexibility index (Phi) is 23.1. The molecule has 26 heteroatoms. The van der Waals surface area contributed by atoms with Crippen LogP contribution in [0.25, 0.3) is 0 Å². The van der Waals surface area contributed by atoms with Crippen LogP contribution in [0.15, 0.2) is 9.98 Å². The summed E-state index contributed by atoms with van der Waals surface area (Å²) < 4.78 is 0. The topological polar surface area (TPSA) is 448 Å². The van der Waals surface area contributed by atoms with Gasteiger partial charge in [0.25, 0.3) is 0 Å². The summed E-state index contributed by atoms with van der Waals surface area (Å²) in [6, 6.07) is -11.1. The maximum atomic E-state index is 14.1. The van der Waals surface area contributed by atoms with Gasteiger partial charge in [0, 0.05) is 19.6 Å². The van der Waals surface area contributed by atoms with Crippen LogP contribution in [-0.4, -0.2) is 171 Å². The van der Waals surface area contributed by atoms with E-state index in [0.29, 0.717) is 6.42 Å². The number of hydrogen-bond acceptors (Lipinski definition) is 14. The molecule has 1 fully saturated rings. The number of nitrogens with one attached hydrogen (secondary N) is 6. The largest absolute Gasteiger partial charge is 0.480 e. The SMILES string of the molecule is CC(NC(=O)C(CO)NC(=O)C(NC(=O)C(N)C(C)O)C(C)O)C(=O)NC(C(=O)NC(CCCN=C(N)N)C(=O)N1CCCC1C(=O)NC(CCCN=C(N)N)C(=O)O)C(C)C. The van der Waals surface area contributed by atoms with Crippen molar-refractivity contribution in [3.8, 4) is 0 Å². The number of aliphatic carboxylic acids is 1. The molecule has 0 aromatic carbocycles. The Morgan fingerprint density at radius 2 is 1.18 bits per heavy atom. The fourth-order valence-electron chi connectivity index (χ4n) is 6.08. The van der Waals surface area contributed by atoms with Crippen molar-refractivity contribution in [1.82, 2.24) is 36.8 Å². The van der Waals surface area contributed by atoms with Crippen molar-refractivity contribution in [2.75, 3.05) is 26.2 Å². The van der Waals surface area contributed by atoms with Crippen LogP contribution in [0, 0.1) is 5.92 Å². The molecule has 1 aliphatic rings. The molecule has 1 rings (SSSR count). The maximum absolute atomic E-state index is 14.1. The van der Waals surface area contributed by atoms with Crippen LogP contribution >= 0.6 is 0 Å². The molecule has 10 atom stereocenters. The molecule has 1 aliphatic heterocycles. The minimum absolute atomic E-state index is 0.00136. The molecule has 20 N–H and O–H groups in total. The molecule has 0 saturated carbocycles. The van der Waals surface area contributed by atoms with Crippen molar-refractivity contribution >= 4 is 59.2 Å². The molecule has 1 heterocycles.